The average Bonchev–Trinajstić information content (AvgIpc) is 2.92. The highest BCUT2D eigenvalue weighted by atomic mass is 19.1. The van der Waals surface area contributed by atoms with Crippen LogP contribution in [0.15, 0.2) is 35.1 Å². The fraction of sp³-hybridized carbons (Fsp3) is 0.154. The number of nitrogens with one attached hydrogen (secondary N) is 2. The van der Waals surface area contributed by atoms with Crippen molar-refractivity contribution in [2.45, 2.75) is 0 Å². The zero-order valence-corrected chi connectivity index (χ0v) is 10.8. The SMILES string of the molecule is O=C(O)NCCNC(=O)c1ncoc1-c1cccc(F)c1. The molecule has 0 aliphatic carbocycles. The third-order valence-electron chi connectivity index (χ3n) is 2.56. The molecule has 0 bridgehead atoms. The Balaban J connectivity index is 2.06. The van der Waals surface area contributed by atoms with Crippen molar-refractivity contribution < 1.29 is 23.5 Å². The molecule has 1 aromatic carbocycles. The van der Waals surface area contributed by atoms with Gasteiger partial charge in [0.05, 0.1) is 0 Å². The van der Waals surface area contributed by atoms with Gasteiger partial charge in [0.2, 0.25) is 0 Å². The average molecular weight is 293 g/mol. The zero-order valence-electron chi connectivity index (χ0n) is 10.8. The molecule has 2 rings (SSSR count). The number of hydrogen-bond donors (Lipinski definition) is 3. The molecule has 1 aromatic heterocycles. The van der Waals surface area contributed by atoms with E-state index < -0.39 is 17.8 Å². The molecule has 1 heterocycles. The first-order valence-corrected chi connectivity index (χ1v) is 6.02. The molecule has 7 nitrogen and oxygen atoms in total. The minimum atomic E-state index is -1.17. The Labute approximate surface area is 118 Å². The Morgan fingerprint density at radius 2 is 2.05 bits per heavy atom. The Morgan fingerprint density at radius 3 is 2.76 bits per heavy atom. The number of hydrogen-bond acceptors (Lipinski definition) is 4. The van der Waals surface area contributed by atoms with Gasteiger partial charge in [-0.05, 0) is 12.1 Å². The van der Waals surface area contributed by atoms with Crippen molar-refractivity contribution in [1.82, 2.24) is 15.6 Å². The van der Waals surface area contributed by atoms with Crippen LogP contribution >= 0.6 is 0 Å². The van der Waals surface area contributed by atoms with E-state index in [-0.39, 0.29) is 24.5 Å². The van der Waals surface area contributed by atoms with Gasteiger partial charge in [0.15, 0.2) is 17.8 Å². The van der Waals surface area contributed by atoms with Gasteiger partial charge in [-0.2, -0.15) is 0 Å². The van der Waals surface area contributed by atoms with Crippen molar-refractivity contribution >= 4 is 12.0 Å². The zero-order chi connectivity index (χ0) is 15.2. The second-order valence-corrected chi connectivity index (χ2v) is 4.03. The monoisotopic (exact) mass is 293 g/mol. The summed E-state index contributed by atoms with van der Waals surface area (Å²) in [5.41, 5.74) is 0.400. The van der Waals surface area contributed by atoms with Gasteiger partial charge in [-0.1, -0.05) is 12.1 Å². The summed E-state index contributed by atoms with van der Waals surface area (Å²) in [6, 6.07) is 5.58. The molecule has 0 radical (unpaired) electrons. The molecular weight excluding hydrogens is 281 g/mol. The van der Waals surface area contributed by atoms with Crippen LogP contribution in [0.2, 0.25) is 0 Å². The molecule has 0 saturated heterocycles. The van der Waals surface area contributed by atoms with Crippen LogP contribution in [-0.2, 0) is 0 Å². The van der Waals surface area contributed by atoms with E-state index in [1.54, 1.807) is 6.07 Å². The van der Waals surface area contributed by atoms with Gasteiger partial charge in [-0.25, -0.2) is 14.2 Å². The van der Waals surface area contributed by atoms with Gasteiger partial charge in [0.25, 0.3) is 5.91 Å². The lowest BCUT2D eigenvalue weighted by molar-refractivity contribution is 0.0949. The van der Waals surface area contributed by atoms with Crippen LogP contribution in [0.25, 0.3) is 11.3 Å². The summed E-state index contributed by atoms with van der Waals surface area (Å²) in [5.74, 6) is -0.839. The van der Waals surface area contributed by atoms with Gasteiger partial charge >= 0.3 is 6.09 Å². The molecule has 0 spiro atoms. The summed E-state index contributed by atoms with van der Waals surface area (Å²) in [6.45, 7) is 0.162. The van der Waals surface area contributed by atoms with Crippen LogP contribution in [0, 0.1) is 5.82 Å². The molecule has 0 aliphatic rings. The van der Waals surface area contributed by atoms with Crippen LogP contribution in [0.3, 0.4) is 0 Å². The molecule has 0 fully saturated rings. The molecule has 0 unspecified atom stereocenters. The second kappa shape index (κ2) is 6.51. The molecule has 110 valence electrons. The fourth-order valence-corrected chi connectivity index (χ4v) is 1.67. The number of oxazole rings is 1. The van der Waals surface area contributed by atoms with E-state index in [0.717, 1.165) is 6.39 Å². The maximum atomic E-state index is 13.2. The third-order valence-corrected chi connectivity index (χ3v) is 2.56. The summed E-state index contributed by atoms with van der Waals surface area (Å²) in [5, 5.41) is 13.0. The van der Waals surface area contributed by atoms with Crippen LogP contribution in [-0.4, -0.2) is 35.2 Å². The first-order valence-electron chi connectivity index (χ1n) is 6.02. The molecular formula is C13H12FN3O4. The van der Waals surface area contributed by atoms with Crippen LogP contribution in [0.4, 0.5) is 9.18 Å². The minimum absolute atomic E-state index is 0.0101. The molecule has 0 saturated carbocycles. The van der Waals surface area contributed by atoms with Crippen molar-refractivity contribution in [3.05, 3.63) is 42.2 Å². The quantitative estimate of drug-likeness (QED) is 0.724. The van der Waals surface area contributed by atoms with Gasteiger partial charge < -0.3 is 20.2 Å². The number of halogens is 1. The van der Waals surface area contributed by atoms with Gasteiger partial charge in [-0.15, -0.1) is 0 Å². The minimum Gasteiger partial charge on any atom is -0.465 e. The summed E-state index contributed by atoms with van der Waals surface area (Å²) in [6.07, 6.45) is -0.0869. The van der Waals surface area contributed by atoms with Crippen LogP contribution < -0.4 is 10.6 Å². The van der Waals surface area contributed by atoms with Gasteiger partial charge in [-0.3, -0.25) is 4.79 Å². The third kappa shape index (κ3) is 3.78. The highest BCUT2D eigenvalue weighted by Crippen LogP contribution is 2.23. The molecule has 2 aromatic rings. The smallest absolute Gasteiger partial charge is 0.404 e. The number of carboxylic acid groups (broad SMARTS) is 1. The Morgan fingerprint density at radius 1 is 1.29 bits per heavy atom. The molecule has 3 N–H and O–H groups in total. The van der Waals surface area contributed by atoms with E-state index in [1.807, 2.05) is 0 Å². The highest BCUT2D eigenvalue weighted by Gasteiger charge is 2.18. The van der Waals surface area contributed by atoms with Crippen LogP contribution in [0.1, 0.15) is 10.5 Å². The lowest BCUT2D eigenvalue weighted by Gasteiger charge is -2.04. The largest absolute Gasteiger partial charge is 0.465 e. The highest BCUT2D eigenvalue weighted by molar-refractivity contribution is 5.97. The van der Waals surface area contributed by atoms with Crippen molar-refractivity contribution in [1.29, 1.82) is 0 Å². The van der Waals surface area contributed by atoms with E-state index in [1.165, 1.54) is 18.2 Å². The normalized spacial score (nSPS) is 10.1. The maximum Gasteiger partial charge on any atom is 0.404 e. The summed E-state index contributed by atoms with van der Waals surface area (Å²) >= 11 is 0. The Kier molecular flexibility index (Phi) is 4.50. The van der Waals surface area contributed by atoms with Crippen molar-refractivity contribution in [3.63, 3.8) is 0 Å². The lowest BCUT2D eigenvalue weighted by atomic mass is 10.1. The topological polar surface area (TPSA) is 104 Å². The lowest BCUT2D eigenvalue weighted by Crippen LogP contribution is -2.34. The van der Waals surface area contributed by atoms with Crippen molar-refractivity contribution in [3.8, 4) is 11.3 Å². The number of carbonyl (C=O) groups is 2. The molecule has 0 aliphatic heterocycles. The molecule has 0 atom stereocenters. The number of aromatic nitrogens is 1. The van der Waals surface area contributed by atoms with Gasteiger partial charge in [0, 0.05) is 18.7 Å². The van der Waals surface area contributed by atoms with Crippen molar-refractivity contribution in [2.75, 3.05) is 13.1 Å². The summed E-state index contributed by atoms with van der Waals surface area (Å²) in [7, 11) is 0. The predicted octanol–water partition coefficient (Wildman–Crippen LogP) is 1.48. The number of benzene rings is 1. The van der Waals surface area contributed by atoms with E-state index in [4.69, 9.17) is 9.52 Å². The molecule has 2 amide bonds. The molecule has 8 heteroatoms. The Hall–Kier alpha value is -2.90. The maximum absolute atomic E-state index is 13.2. The predicted molar refractivity (Wildman–Crippen MR) is 70.3 cm³/mol. The van der Waals surface area contributed by atoms with E-state index in [2.05, 4.69) is 15.6 Å². The van der Waals surface area contributed by atoms with Crippen LogP contribution in [0.5, 0.6) is 0 Å². The number of carbonyl (C=O) groups excluding carboxylic acids is 1. The number of amides is 2. The second-order valence-electron chi connectivity index (χ2n) is 4.03. The standard InChI is InChI=1S/C13H12FN3O4/c14-9-3-1-2-8(6-9)11-10(17-7-21-11)12(18)15-4-5-16-13(19)20/h1-3,6-7,16H,4-5H2,(H,15,18)(H,19,20). The first kappa shape index (κ1) is 14.5. The number of nitrogens with zero attached hydrogens (tertiary/aromatic N) is 1. The fourth-order valence-electron chi connectivity index (χ4n) is 1.67. The number of rotatable bonds is 5. The molecule has 21 heavy (non-hydrogen) atoms. The summed E-state index contributed by atoms with van der Waals surface area (Å²) < 4.78 is 18.3. The van der Waals surface area contributed by atoms with E-state index in [0.29, 0.717) is 5.56 Å². The van der Waals surface area contributed by atoms with E-state index in [9.17, 15) is 14.0 Å². The van der Waals surface area contributed by atoms with E-state index >= 15 is 0 Å². The Bertz CT molecular complexity index is 656. The summed E-state index contributed by atoms with van der Waals surface area (Å²) in [4.78, 5) is 26.0. The van der Waals surface area contributed by atoms with Crippen molar-refractivity contribution in [2.24, 2.45) is 0 Å². The van der Waals surface area contributed by atoms with Gasteiger partial charge in [0.1, 0.15) is 5.82 Å². The first-order chi connectivity index (χ1) is 10.1.